The van der Waals surface area contributed by atoms with Crippen molar-refractivity contribution in [1.82, 2.24) is 25.1 Å². The maximum Gasteiger partial charge on any atom is 0.269 e. The Balaban J connectivity index is 1.43. The molecule has 1 aliphatic heterocycles. The summed E-state index contributed by atoms with van der Waals surface area (Å²) in [5.74, 6) is 0.860. The first-order valence-corrected chi connectivity index (χ1v) is 8.24. The second-order valence-electron chi connectivity index (χ2n) is 5.71. The van der Waals surface area contributed by atoms with Gasteiger partial charge < -0.3 is 10.2 Å². The summed E-state index contributed by atoms with van der Waals surface area (Å²) in [6.45, 7) is 3.39. The van der Waals surface area contributed by atoms with Crippen molar-refractivity contribution in [3.8, 4) is 0 Å². The largest absolute Gasteiger partial charge is 0.352 e. The second-order valence-corrected chi connectivity index (χ2v) is 6.60. The Bertz CT molecular complexity index is 879. The first-order valence-electron chi connectivity index (χ1n) is 7.36. The van der Waals surface area contributed by atoms with E-state index in [1.807, 2.05) is 18.4 Å². The zero-order valence-electron chi connectivity index (χ0n) is 12.9. The zero-order chi connectivity index (χ0) is 16.0. The molecule has 0 bridgehead atoms. The minimum Gasteiger partial charge on any atom is -0.352 e. The number of thiophene rings is 1. The summed E-state index contributed by atoms with van der Waals surface area (Å²) in [6.07, 6.45) is 1.60. The molecule has 1 aliphatic rings. The van der Waals surface area contributed by atoms with Crippen LogP contribution in [0.5, 0.6) is 0 Å². The smallest absolute Gasteiger partial charge is 0.269 e. The highest BCUT2D eigenvalue weighted by Gasteiger charge is 2.31. The van der Waals surface area contributed by atoms with E-state index in [9.17, 15) is 4.79 Å². The molecule has 4 heterocycles. The molecule has 3 aromatic heterocycles. The van der Waals surface area contributed by atoms with Crippen LogP contribution in [0.15, 0.2) is 23.8 Å². The topological polar surface area (TPSA) is 75.9 Å². The minimum absolute atomic E-state index is 0.0823. The normalized spacial score (nSPS) is 15.0. The van der Waals surface area contributed by atoms with Crippen LogP contribution in [0.25, 0.3) is 10.2 Å². The number of nitrogens with one attached hydrogen (secondary N) is 1. The summed E-state index contributed by atoms with van der Waals surface area (Å²) >= 11 is 1.61. The van der Waals surface area contributed by atoms with E-state index >= 15 is 0 Å². The van der Waals surface area contributed by atoms with Gasteiger partial charge in [0.05, 0.1) is 17.1 Å². The summed E-state index contributed by atoms with van der Waals surface area (Å²) in [6, 6.07) is 3.96. The zero-order valence-corrected chi connectivity index (χ0v) is 13.7. The molecular formula is C15H16N6OS. The lowest BCUT2D eigenvalue weighted by atomic mass is 10.1. The van der Waals surface area contributed by atoms with E-state index in [1.165, 1.54) is 0 Å². The van der Waals surface area contributed by atoms with E-state index in [1.54, 1.807) is 35.5 Å². The van der Waals surface area contributed by atoms with Gasteiger partial charge in [-0.1, -0.05) is 0 Å². The van der Waals surface area contributed by atoms with Gasteiger partial charge in [-0.2, -0.15) is 5.10 Å². The van der Waals surface area contributed by atoms with Crippen molar-refractivity contribution < 1.29 is 4.79 Å². The lowest BCUT2D eigenvalue weighted by Gasteiger charge is -2.40. The molecule has 0 unspecified atom stereocenters. The Kier molecular flexibility index (Phi) is 3.26. The van der Waals surface area contributed by atoms with Gasteiger partial charge in [0, 0.05) is 20.1 Å². The molecule has 23 heavy (non-hydrogen) atoms. The lowest BCUT2D eigenvalue weighted by Crippen LogP contribution is -2.59. The lowest BCUT2D eigenvalue weighted by molar-refractivity contribution is 0.0920. The van der Waals surface area contributed by atoms with Gasteiger partial charge in [-0.05, 0) is 24.4 Å². The molecule has 1 fully saturated rings. The van der Waals surface area contributed by atoms with E-state index < -0.39 is 0 Å². The molecule has 0 radical (unpaired) electrons. The highest BCUT2D eigenvalue weighted by Crippen LogP contribution is 2.29. The molecule has 0 spiro atoms. The van der Waals surface area contributed by atoms with Gasteiger partial charge in [0.25, 0.3) is 5.91 Å². The van der Waals surface area contributed by atoms with E-state index in [2.05, 4.69) is 25.3 Å². The van der Waals surface area contributed by atoms with E-state index in [4.69, 9.17) is 0 Å². The molecule has 3 aromatic rings. The Morgan fingerprint density at radius 2 is 2.22 bits per heavy atom. The van der Waals surface area contributed by atoms with Crippen LogP contribution in [-0.4, -0.2) is 44.8 Å². The van der Waals surface area contributed by atoms with Gasteiger partial charge in [0.2, 0.25) is 0 Å². The van der Waals surface area contributed by atoms with Gasteiger partial charge in [-0.3, -0.25) is 9.48 Å². The van der Waals surface area contributed by atoms with E-state index in [0.717, 1.165) is 34.8 Å². The molecule has 0 saturated carbocycles. The molecule has 4 rings (SSSR count). The third-order valence-corrected chi connectivity index (χ3v) is 4.81. The van der Waals surface area contributed by atoms with Gasteiger partial charge in [0.15, 0.2) is 0 Å². The fourth-order valence-corrected chi connectivity index (χ4v) is 3.58. The van der Waals surface area contributed by atoms with Crippen LogP contribution >= 0.6 is 11.3 Å². The number of anilines is 1. The first-order chi connectivity index (χ1) is 11.1. The van der Waals surface area contributed by atoms with Crippen molar-refractivity contribution >= 4 is 33.3 Å². The fourth-order valence-electron chi connectivity index (χ4n) is 2.85. The number of fused-ring (bicyclic) bond motifs is 1. The number of carbonyl (C=O) groups excluding carboxylic acids is 1. The third kappa shape index (κ3) is 2.44. The molecule has 1 amide bonds. The number of aromatic nitrogens is 4. The summed E-state index contributed by atoms with van der Waals surface area (Å²) in [4.78, 5) is 24.1. The molecule has 8 heteroatoms. The fraction of sp³-hybridized carbons (Fsp3) is 0.333. The highest BCUT2D eigenvalue weighted by atomic mass is 32.1. The van der Waals surface area contributed by atoms with Crippen molar-refractivity contribution in [3.63, 3.8) is 0 Å². The quantitative estimate of drug-likeness (QED) is 0.785. The summed E-state index contributed by atoms with van der Waals surface area (Å²) < 4.78 is 1.61. The number of rotatable bonds is 3. The van der Waals surface area contributed by atoms with Gasteiger partial charge >= 0.3 is 0 Å². The Morgan fingerprint density at radius 3 is 2.96 bits per heavy atom. The number of nitrogens with zero attached hydrogens (tertiary/aromatic N) is 5. The maximum absolute atomic E-state index is 12.3. The van der Waals surface area contributed by atoms with Crippen molar-refractivity contribution in [2.24, 2.45) is 7.05 Å². The van der Waals surface area contributed by atoms with Crippen LogP contribution < -0.4 is 10.2 Å². The Labute approximate surface area is 137 Å². The van der Waals surface area contributed by atoms with Crippen LogP contribution in [0.2, 0.25) is 0 Å². The van der Waals surface area contributed by atoms with Gasteiger partial charge in [-0.15, -0.1) is 11.3 Å². The Hall–Kier alpha value is -2.48. The number of amides is 1. The molecule has 0 atom stereocenters. The van der Waals surface area contributed by atoms with Crippen LogP contribution in [0, 0.1) is 6.92 Å². The van der Waals surface area contributed by atoms with Crippen molar-refractivity contribution in [2.45, 2.75) is 13.0 Å². The van der Waals surface area contributed by atoms with Crippen LogP contribution in [-0.2, 0) is 7.05 Å². The molecule has 7 nitrogen and oxygen atoms in total. The molecule has 1 N–H and O–H groups in total. The van der Waals surface area contributed by atoms with Crippen LogP contribution in [0.3, 0.4) is 0 Å². The van der Waals surface area contributed by atoms with Crippen LogP contribution in [0.4, 0.5) is 5.82 Å². The first kappa shape index (κ1) is 14.1. The SMILES string of the molecule is Cc1cc(C(=O)NC2CN(c3ncnc4sccc34)C2)n(C)n1. The summed E-state index contributed by atoms with van der Waals surface area (Å²) in [7, 11) is 1.78. The van der Waals surface area contributed by atoms with Crippen molar-refractivity contribution in [3.05, 3.63) is 35.2 Å². The third-order valence-electron chi connectivity index (χ3n) is 3.99. The van der Waals surface area contributed by atoms with E-state index in [-0.39, 0.29) is 11.9 Å². The minimum atomic E-state index is -0.0823. The number of carbonyl (C=O) groups is 1. The predicted molar refractivity (Wildman–Crippen MR) is 88.8 cm³/mol. The standard InChI is InChI=1S/C15H16N6OS/c1-9-5-12(20(2)19-9)14(22)18-10-6-21(7-10)13-11-3-4-23-15(11)17-8-16-13/h3-5,8,10H,6-7H2,1-2H3,(H,18,22). The monoisotopic (exact) mass is 328 g/mol. The number of hydrogen-bond acceptors (Lipinski definition) is 6. The molecule has 1 saturated heterocycles. The average molecular weight is 328 g/mol. The summed E-state index contributed by atoms with van der Waals surface area (Å²) in [5.41, 5.74) is 1.43. The molecule has 0 aliphatic carbocycles. The van der Waals surface area contributed by atoms with Gasteiger partial charge in [0.1, 0.15) is 22.7 Å². The second kappa shape index (κ2) is 5.31. The van der Waals surface area contributed by atoms with Gasteiger partial charge in [-0.25, -0.2) is 9.97 Å². The highest BCUT2D eigenvalue weighted by molar-refractivity contribution is 7.16. The van der Waals surface area contributed by atoms with Crippen LogP contribution in [0.1, 0.15) is 16.2 Å². The van der Waals surface area contributed by atoms with Crippen molar-refractivity contribution in [1.29, 1.82) is 0 Å². The maximum atomic E-state index is 12.3. The predicted octanol–water partition coefficient (Wildman–Crippen LogP) is 1.35. The number of hydrogen-bond donors (Lipinski definition) is 1. The molecular weight excluding hydrogens is 312 g/mol. The summed E-state index contributed by atoms with van der Waals surface area (Å²) in [5, 5.41) is 10.3. The number of aryl methyl sites for hydroxylation is 2. The average Bonchev–Trinajstić information content (AvgIpc) is 3.08. The Morgan fingerprint density at radius 1 is 1.39 bits per heavy atom. The molecule has 0 aromatic carbocycles. The molecule has 118 valence electrons. The van der Waals surface area contributed by atoms with E-state index in [0.29, 0.717) is 5.69 Å². The van der Waals surface area contributed by atoms with Crippen molar-refractivity contribution in [2.75, 3.05) is 18.0 Å².